The summed E-state index contributed by atoms with van der Waals surface area (Å²) in [5.74, 6) is 0.0642. The lowest BCUT2D eigenvalue weighted by Crippen LogP contribution is -2.09. The number of nitrogens with zero attached hydrogens (tertiary/aromatic N) is 2. The van der Waals surface area contributed by atoms with Gasteiger partial charge in [0, 0.05) is 11.1 Å². The summed E-state index contributed by atoms with van der Waals surface area (Å²) in [5, 5.41) is 4.47. The fourth-order valence-electron chi connectivity index (χ4n) is 1.60. The molecule has 0 amide bonds. The van der Waals surface area contributed by atoms with Gasteiger partial charge in [0.2, 0.25) is 0 Å². The van der Waals surface area contributed by atoms with Crippen LogP contribution in [0.2, 0.25) is 0 Å². The maximum Gasteiger partial charge on any atom is 0.184 e. The minimum absolute atomic E-state index is 0.00152. The van der Waals surface area contributed by atoms with Crippen LogP contribution in [0.1, 0.15) is 23.7 Å². The molecule has 20 heavy (non-hydrogen) atoms. The van der Waals surface area contributed by atoms with Gasteiger partial charge in [-0.15, -0.1) is 11.3 Å². The number of aryl methyl sites for hydroxylation is 1. The molecule has 2 aromatic rings. The third-order valence-corrected chi connectivity index (χ3v) is 6.60. The highest BCUT2D eigenvalue weighted by atomic mass is 32.2. The number of hydrogen-bond acceptors (Lipinski definition) is 8. The average Bonchev–Trinajstić information content (AvgIpc) is 3.03. The molecule has 0 aliphatic heterocycles. The molecule has 0 bridgehead atoms. The number of nitrogen functional groups attached to an aromatic ring is 1. The minimum atomic E-state index is -3.38. The van der Waals surface area contributed by atoms with Crippen LogP contribution in [0, 0.1) is 0 Å². The quantitative estimate of drug-likeness (QED) is 0.841. The predicted octanol–water partition coefficient (Wildman–Crippen LogP) is 2.15. The third-order valence-electron chi connectivity index (χ3n) is 2.72. The van der Waals surface area contributed by atoms with Gasteiger partial charge in [0.05, 0.1) is 12.3 Å². The van der Waals surface area contributed by atoms with Crippen molar-refractivity contribution in [3.05, 3.63) is 16.1 Å². The molecule has 0 radical (unpaired) electrons. The van der Waals surface area contributed by atoms with Crippen molar-refractivity contribution in [3.8, 4) is 0 Å². The second-order valence-electron chi connectivity index (χ2n) is 4.06. The zero-order chi connectivity index (χ0) is 14.8. The van der Waals surface area contributed by atoms with E-state index in [1.807, 2.05) is 6.20 Å². The van der Waals surface area contributed by atoms with Crippen molar-refractivity contribution in [1.29, 1.82) is 0 Å². The second kappa shape index (κ2) is 6.06. The first kappa shape index (κ1) is 15.2. The molecule has 0 aliphatic carbocycles. The van der Waals surface area contributed by atoms with Crippen molar-refractivity contribution in [1.82, 2.24) is 9.36 Å². The molecule has 0 atom stereocenters. The Morgan fingerprint density at radius 2 is 2.15 bits per heavy atom. The smallest absolute Gasteiger partial charge is 0.184 e. The summed E-state index contributed by atoms with van der Waals surface area (Å²) in [6.45, 7) is 4.13. The van der Waals surface area contributed by atoms with Gasteiger partial charge in [0.1, 0.15) is 14.9 Å². The summed E-state index contributed by atoms with van der Waals surface area (Å²) in [5.41, 5.74) is 5.66. The summed E-state index contributed by atoms with van der Waals surface area (Å²) in [7, 11) is -3.38. The number of nitrogens with two attached hydrogens (primary N) is 1. The summed E-state index contributed by atoms with van der Waals surface area (Å²) in [6, 6.07) is 0. The van der Waals surface area contributed by atoms with Crippen LogP contribution in [0.4, 0.5) is 10.8 Å². The van der Waals surface area contributed by atoms with E-state index < -0.39 is 9.84 Å². The Morgan fingerprint density at radius 1 is 1.40 bits per heavy atom. The van der Waals surface area contributed by atoms with Crippen LogP contribution >= 0.6 is 22.9 Å². The van der Waals surface area contributed by atoms with Gasteiger partial charge in [-0.3, -0.25) is 0 Å². The van der Waals surface area contributed by atoms with Crippen molar-refractivity contribution in [2.45, 2.75) is 31.7 Å². The highest BCUT2D eigenvalue weighted by molar-refractivity contribution is 7.91. The molecule has 0 spiro atoms. The topological polar surface area (TPSA) is 98.0 Å². The van der Waals surface area contributed by atoms with Gasteiger partial charge in [0.25, 0.3) is 0 Å². The Morgan fingerprint density at radius 3 is 2.75 bits per heavy atom. The van der Waals surface area contributed by atoms with Gasteiger partial charge in [-0.1, -0.05) is 13.8 Å². The molecule has 110 valence electrons. The van der Waals surface area contributed by atoms with Crippen LogP contribution in [0.3, 0.4) is 0 Å². The molecular weight excluding hydrogens is 316 g/mol. The number of thiazole rings is 1. The Kier molecular flexibility index (Phi) is 4.61. The third kappa shape index (κ3) is 3.10. The van der Waals surface area contributed by atoms with E-state index in [4.69, 9.17) is 5.73 Å². The molecule has 0 fully saturated rings. The number of hydrogen-bond donors (Lipinski definition) is 2. The Balaban J connectivity index is 2.18. The zero-order valence-electron chi connectivity index (χ0n) is 11.2. The molecule has 0 unspecified atom stereocenters. The van der Waals surface area contributed by atoms with Gasteiger partial charge < -0.3 is 11.1 Å². The second-order valence-corrected chi connectivity index (χ2v) is 8.25. The lowest BCUT2D eigenvalue weighted by molar-refractivity contribution is 0.598. The van der Waals surface area contributed by atoms with E-state index in [0.717, 1.165) is 23.0 Å². The molecule has 2 heterocycles. The molecular formula is C11H16N4O2S3. The van der Waals surface area contributed by atoms with Gasteiger partial charge in [-0.25, -0.2) is 13.4 Å². The summed E-state index contributed by atoms with van der Waals surface area (Å²) < 4.78 is 27.9. The number of rotatable bonds is 6. The molecule has 2 rings (SSSR count). The molecule has 0 saturated heterocycles. The van der Waals surface area contributed by atoms with Crippen molar-refractivity contribution in [3.63, 3.8) is 0 Å². The fourth-order valence-corrected chi connectivity index (χ4v) is 4.57. The molecule has 0 aliphatic rings. The SMILES string of the molecule is CCc1cnc(CNc2snc(N)c2S(=O)(=O)CC)s1. The largest absolute Gasteiger partial charge is 0.382 e. The molecule has 6 nitrogen and oxygen atoms in total. The van der Waals surface area contributed by atoms with Gasteiger partial charge in [0.15, 0.2) is 15.7 Å². The first-order valence-corrected chi connectivity index (χ1v) is 9.37. The number of sulfone groups is 1. The van der Waals surface area contributed by atoms with Crippen LogP contribution in [0.25, 0.3) is 0 Å². The normalized spacial score (nSPS) is 11.7. The maximum absolute atomic E-state index is 12.0. The zero-order valence-corrected chi connectivity index (χ0v) is 13.7. The molecule has 2 aromatic heterocycles. The van der Waals surface area contributed by atoms with E-state index in [1.54, 1.807) is 18.3 Å². The Labute approximate surface area is 126 Å². The van der Waals surface area contributed by atoms with E-state index in [2.05, 4.69) is 21.6 Å². The first-order valence-electron chi connectivity index (χ1n) is 6.13. The van der Waals surface area contributed by atoms with Crippen LogP contribution in [-0.2, 0) is 22.8 Å². The van der Waals surface area contributed by atoms with Gasteiger partial charge in [-0.05, 0) is 18.0 Å². The predicted molar refractivity (Wildman–Crippen MR) is 83.1 cm³/mol. The van der Waals surface area contributed by atoms with Crippen molar-refractivity contribution in [2.75, 3.05) is 16.8 Å². The Bertz CT molecular complexity index is 690. The van der Waals surface area contributed by atoms with E-state index in [0.29, 0.717) is 11.5 Å². The lowest BCUT2D eigenvalue weighted by atomic mass is 10.4. The van der Waals surface area contributed by atoms with Crippen molar-refractivity contribution >= 4 is 43.5 Å². The van der Waals surface area contributed by atoms with E-state index in [-0.39, 0.29) is 16.5 Å². The van der Waals surface area contributed by atoms with Crippen molar-refractivity contribution in [2.24, 2.45) is 0 Å². The standard InChI is InChI=1S/C11H16N4O2S3/c1-3-7-5-13-8(18-7)6-14-11-9(10(12)15-19-11)20(16,17)4-2/h5,14H,3-4,6H2,1-2H3,(H2,12,15). The summed E-state index contributed by atoms with van der Waals surface area (Å²) >= 11 is 2.67. The average molecular weight is 332 g/mol. The highest BCUT2D eigenvalue weighted by Crippen LogP contribution is 2.32. The van der Waals surface area contributed by atoms with E-state index in [1.165, 1.54) is 4.88 Å². The van der Waals surface area contributed by atoms with Crippen molar-refractivity contribution < 1.29 is 8.42 Å². The molecule has 0 aromatic carbocycles. The Hall–Kier alpha value is -1.19. The number of aromatic nitrogens is 2. The fraction of sp³-hybridized carbons (Fsp3) is 0.455. The summed E-state index contributed by atoms with van der Waals surface area (Å²) in [6.07, 6.45) is 2.78. The maximum atomic E-state index is 12.0. The highest BCUT2D eigenvalue weighted by Gasteiger charge is 2.23. The molecule has 3 N–H and O–H groups in total. The van der Waals surface area contributed by atoms with Crippen LogP contribution in [0.15, 0.2) is 11.1 Å². The van der Waals surface area contributed by atoms with E-state index >= 15 is 0 Å². The molecule has 0 saturated carbocycles. The first-order chi connectivity index (χ1) is 9.47. The number of anilines is 2. The lowest BCUT2D eigenvalue weighted by Gasteiger charge is -2.05. The monoisotopic (exact) mass is 332 g/mol. The van der Waals surface area contributed by atoms with Gasteiger partial charge in [-0.2, -0.15) is 4.37 Å². The number of nitrogens with one attached hydrogen (secondary N) is 1. The van der Waals surface area contributed by atoms with E-state index in [9.17, 15) is 8.42 Å². The summed E-state index contributed by atoms with van der Waals surface area (Å²) in [4.78, 5) is 5.59. The van der Waals surface area contributed by atoms with Crippen LogP contribution in [0.5, 0.6) is 0 Å². The van der Waals surface area contributed by atoms with Crippen LogP contribution in [-0.4, -0.2) is 23.5 Å². The molecule has 9 heteroatoms. The minimum Gasteiger partial charge on any atom is -0.382 e. The van der Waals surface area contributed by atoms with Gasteiger partial charge >= 0.3 is 0 Å². The van der Waals surface area contributed by atoms with Crippen LogP contribution < -0.4 is 11.1 Å².